The van der Waals surface area contributed by atoms with Crippen LogP contribution in [0.2, 0.25) is 0 Å². The minimum atomic E-state index is -0.515. The van der Waals surface area contributed by atoms with E-state index in [0.29, 0.717) is 6.42 Å². The van der Waals surface area contributed by atoms with Crippen LogP contribution in [0.1, 0.15) is 17.9 Å². The molecule has 1 aromatic rings. The van der Waals surface area contributed by atoms with Crippen LogP contribution in [0.25, 0.3) is 0 Å². The second kappa shape index (κ2) is 6.47. The van der Waals surface area contributed by atoms with Gasteiger partial charge in [0.15, 0.2) is 0 Å². The summed E-state index contributed by atoms with van der Waals surface area (Å²) in [6, 6.07) is 3.25. The van der Waals surface area contributed by atoms with Gasteiger partial charge in [0, 0.05) is 18.5 Å². The van der Waals surface area contributed by atoms with Gasteiger partial charge < -0.3 is 10.1 Å². The van der Waals surface area contributed by atoms with Crippen molar-refractivity contribution < 1.29 is 23.1 Å². The van der Waals surface area contributed by atoms with Crippen LogP contribution in [0.3, 0.4) is 0 Å². The van der Waals surface area contributed by atoms with Gasteiger partial charge in [-0.1, -0.05) is 6.08 Å². The van der Waals surface area contributed by atoms with E-state index in [2.05, 4.69) is 10.1 Å². The van der Waals surface area contributed by atoms with E-state index in [0.717, 1.165) is 18.2 Å². The minimum absolute atomic E-state index is 0.183. The van der Waals surface area contributed by atoms with E-state index in [9.17, 15) is 18.4 Å². The third-order valence-electron chi connectivity index (χ3n) is 3.33. The first-order valence-corrected chi connectivity index (χ1v) is 6.50. The normalized spacial score (nSPS) is 20.3. The second-order valence-electron chi connectivity index (χ2n) is 4.79. The van der Waals surface area contributed by atoms with Crippen LogP contribution in [0.15, 0.2) is 30.4 Å². The summed E-state index contributed by atoms with van der Waals surface area (Å²) in [5.41, 5.74) is 0.236. The lowest BCUT2D eigenvalue weighted by molar-refractivity contribution is -0.134. The molecule has 0 aromatic heterocycles. The summed E-state index contributed by atoms with van der Waals surface area (Å²) in [4.78, 5) is 22.6. The van der Waals surface area contributed by atoms with E-state index in [1.54, 1.807) is 0 Å². The fraction of sp³-hybridized carbons (Fsp3) is 0.333. The first kappa shape index (κ1) is 15.2. The van der Waals surface area contributed by atoms with Crippen LogP contribution in [0.4, 0.5) is 8.78 Å². The number of ether oxygens (including phenoxy) is 1. The largest absolute Gasteiger partial charge is 0.466 e. The van der Waals surface area contributed by atoms with Gasteiger partial charge >= 0.3 is 5.97 Å². The van der Waals surface area contributed by atoms with Crippen molar-refractivity contribution in [3.05, 3.63) is 47.5 Å². The molecule has 1 aliphatic rings. The van der Waals surface area contributed by atoms with E-state index in [4.69, 9.17) is 0 Å². The van der Waals surface area contributed by atoms with Crippen molar-refractivity contribution in [1.82, 2.24) is 5.32 Å². The highest BCUT2D eigenvalue weighted by atomic mass is 19.1. The number of amides is 1. The second-order valence-corrected chi connectivity index (χ2v) is 4.79. The first-order valence-electron chi connectivity index (χ1n) is 6.50. The number of hydrogen-bond donors (Lipinski definition) is 1. The predicted molar refractivity (Wildman–Crippen MR) is 71.4 cm³/mol. The summed E-state index contributed by atoms with van der Waals surface area (Å²) >= 11 is 0. The van der Waals surface area contributed by atoms with Crippen LogP contribution >= 0.6 is 0 Å². The molecule has 1 N–H and O–H groups in total. The molecular formula is C15H15F2NO3. The minimum Gasteiger partial charge on any atom is -0.466 e. The molecule has 0 heterocycles. The Morgan fingerprint density at radius 1 is 1.43 bits per heavy atom. The summed E-state index contributed by atoms with van der Waals surface area (Å²) in [6.45, 7) is 0.183. The molecule has 0 saturated heterocycles. The Kier molecular flexibility index (Phi) is 4.67. The Labute approximate surface area is 120 Å². The molecule has 1 fully saturated rings. The maximum Gasteiger partial charge on any atom is 0.330 e. The fourth-order valence-corrected chi connectivity index (χ4v) is 2.14. The van der Waals surface area contributed by atoms with E-state index < -0.39 is 17.6 Å². The van der Waals surface area contributed by atoms with Gasteiger partial charge in [0.05, 0.1) is 7.11 Å². The monoisotopic (exact) mass is 295 g/mol. The highest BCUT2D eigenvalue weighted by molar-refractivity contribution is 5.84. The maximum atomic E-state index is 13.6. The van der Waals surface area contributed by atoms with Gasteiger partial charge in [-0.3, -0.25) is 4.79 Å². The van der Waals surface area contributed by atoms with Gasteiger partial charge in [-0.15, -0.1) is 0 Å². The lowest BCUT2D eigenvalue weighted by Gasteiger charge is -2.03. The van der Waals surface area contributed by atoms with Crippen molar-refractivity contribution in [2.45, 2.75) is 12.3 Å². The zero-order chi connectivity index (χ0) is 15.4. The lowest BCUT2D eigenvalue weighted by Crippen LogP contribution is -2.25. The van der Waals surface area contributed by atoms with Crippen molar-refractivity contribution in [3.8, 4) is 0 Å². The van der Waals surface area contributed by atoms with Crippen molar-refractivity contribution in [2.75, 3.05) is 13.7 Å². The molecule has 1 aromatic carbocycles. The van der Waals surface area contributed by atoms with Gasteiger partial charge in [-0.05, 0) is 36.1 Å². The Morgan fingerprint density at radius 2 is 2.19 bits per heavy atom. The van der Waals surface area contributed by atoms with Crippen LogP contribution < -0.4 is 5.32 Å². The van der Waals surface area contributed by atoms with E-state index in [1.807, 2.05) is 0 Å². The number of carbonyl (C=O) groups is 2. The molecule has 0 aliphatic heterocycles. The number of methoxy groups -OCH3 is 1. The van der Waals surface area contributed by atoms with E-state index in [1.165, 1.54) is 19.3 Å². The molecule has 2 rings (SSSR count). The standard InChI is InChI=1S/C15H15F2NO3/c1-21-14(19)3-2-6-18-15(20)12-8-10(12)11-7-9(16)4-5-13(11)17/h2-5,7,10,12H,6,8H2,1H3,(H,18,20)/b3-2+/t10-,12+/m0/s1. The summed E-state index contributed by atoms with van der Waals surface area (Å²) in [6.07, 6.45) is 3.16. The Hall–Kier alpha value is -2.24. The number of benzene rings is 1. The maximum absolute atomic E-state index is 13.6. The number of hydrogen-bond acceptors (Lipinski definition) is 3. The molecular weight excluding hydrogens is 280 g/mol. The third-order valence-corrected chi connectivity index (χ3v) is 3.33. The van der Waals surface area contributed by atoms with Crippen LogP contribution in [-0.2, 0) is 14.3 Å². The van der Waals surface area contributed by atoms with Crippen LogP contribution in [-0.4, -0.2) is 25.5 Å². The summed E-state index contributed by atoms with van der Waals surface area (Å²) in [5.74, 6) is -2.40. The zero-order valence-corrected chi connectivity index (χ0v) is 11.4. The number of rotatable bonds is 5. The molecule has 6 heteroatoms. The Bertz CT molecular complexity index is 586. The fourth-order valence-electron chi connectivity index (χ4n) is 2.14. The predicted octanol–water partition coefficient (Wildman–Crippen LogP) is 1.91. The molecule has 0 unspecified atom stereocenters. The SMILES string of the molecule is COC(=O)/C=C/CNC(=O)[C@@H]1C[C@H]1c1cc(F)ccc1F. The third kappa shape index (κ3) is 3.87. The van der Waals surface area contributed by atoms with Crippen molar-refractivity contribution in [1.29, 1.82) is 0 Å². The molecule has 21 heavy (non-hydrogen) atoms. The Morgan fingerprint density at radius 3 is 2.90 bits per heavy atom. The van der Waals surface area contributed by atoms with Gasteiger partial charge in [-0.2, -0.15) is 0 Å². The molecule has 0 radical (unpaired) electrons. The van der Waals surface area contributed by atoms with Crippen LogP contribution in [0, 0.1) is 17.6 Å². The van der Waals surface area contributed by atoms with E-state index in [-0.39, 0.29) is 29.9 Å². The van der Waals surface area contributed by atoms with Crippen molar-refractivity contribution >= 4 is 11.9 Å². The molecule has 0 bridgehead atoms. The van der Waals surface area contributed by atoms with Crippen molar-refractivity contribution in [2.24, 2.45) is 5.92 Å². The molecule has 0 spiro atoms. The molecule has 112 valence electrons. The van der Waals surface area contributed by atoms with Gasteiger partial charge in [0.25, 0.3) is 0 Å². The molecule has 1 aliphatic carbocycles. The summed E-state index contributed by atoms with van der Waals surface area (Å²) < 4.78 is 31.1. The lowest BCUT2D eigenvalue weighted by atomic mass is 10.1. The zero-order valence-electron chi connectivity index (χ0n) is 11.4. The number of esters is 1. The average molecular weight is 295 g/mol. The van der Waals surface area contributed by atoms with Crippen LogP contribution in [0.5, 0.6) is 0 Å². The highest BCUT2D eigenvalue weighted by Crippen LogP contribution is 2.48. The van der Waals surface area contributed by atoms with Gasteiger partial charge in [0.2, 0.25) is 5.91 Å². The smallest absolute Gasteiger partial charge is 0.330 e. The molecule has 1 saturated carbocycles. The van der Waals surface area contributed by atoms with Gasteiger partial charge in [-0.25, -0.2) is 13.6 Å². The summed E-state index contributed by atoms with van der Waals surface area (Å²) in [5, 5.41) is 2.61. The number of nitrogens with one attached hydrogen (secondary N) is 1. The Balaban J connectivity index is 1.85. The quantitative estimate of drug-likeness (QED) is 0.667. The molecule has 4 nitrogen and oxygen atoms in total. The van der Waals surface area contributed by atoms with Gasteiger partial charge in [0.1, 0.15) is 11.6 Å². The molecule has 2 atom stereocenters. The van der Waals surface area contributed by atoms with E-state index >= 15 is 0 Å². The highest BCUT2D eigenvalue weighted by Gasteiger charge is 2.45. The average Bonchev–Trinajstić information content (AvgIpc) is 3.26. The summed E-state index contributed by atoms with van der Waals surface area (Å²) in [7, 11) is 1.26. The number of halogens is 2. The molecule has 1 amide bonds. The number of carbonyl (C=O) groups excluding carboxylic acids is 2. The first-order chi connectivity index (χ1) is 10.0. The van der Waals surface area contributed by atoms with Crippen molar-refractivity contribution in [3.63, 3.8) is 0 Å². The topological polar surface area (TPSA) is 55.4 Å².